The molecule has 1 amide bonds. The second kappa shape index (κ2) is 10.2. The van der Waals surface area contributed by atoms with Crippen LogP contribution in [0.1, 0.15) is 27.9 Å². The molecule has 0 saturated carbocycles. The molecule has 1 unspecified atom stereocenters. The van der Waals surface area contributed by atoms with Gasteiger partial charge in [-0.3, -0.25) is 14.5 Å². The van der Waals surface area contributed by atoms with Gasteiger partial charge in [0, 0.05) is 55.8 Å². The quantitative estimate of drug-likeness (QED) is 0.383. The second-order valence-electron chi connectivity index (χ2n) is 9.15. The Morgan fingerprint density at radius 1 is 1.11 bits per heavy atom. The number of aromatic nitrogens is 5. The summed E-state index contributed by atoms with van der Waals surface area (Å²) < 4.78 is 36.0. The van der Waals surface area contributed by atoms with Crippen LogP contribution in [-0.4, -0.2) is 63.2 Å². The first-order valence-electron chi connectivity index (χ1n) is 12.0. The number of aryl methyl sites for hydroxylation is 3. The van der Waals surface area contributed by atoms with Gasteiger partial charge in [-0.2, -0.15) is 10.1 Å². The zero-order valence-electron chi connectivity index (χ0n) is 21.2. The van der Waals surface area contributed by atoms with Crippen molar-refractivity contribution in [3.63, 3.8) is 0 Å². The number of carbonyl (C=O) groups is 1. The number of pyridine rings is 1. The summed E-state index contributed by atoms with van der Waals surface area (Å²) in [6.07, 6.45) is 6.10. The molecule has 1 atom stereocenters. The lowest BCUT2D eigenvalue weighted by Gasteiger charge is -2.18. The van der Waals surface area contributed by atoms with E-state index in [0.717, 1.165) is 16.7 Å². The van der Waals surface area contributed by atoms with E-state index in [4.69, 9.17) is 4.74 Å². The maximum Gasteiger partial charge on any atom is 0.267 e. The Morgan fingerprint density at radius 2 is 1.84 bits per heavy atom. The highest BCUT2D eigenvalue weighted by Crippen LogP contribution is 2.30. The minimum Gasteiger partial charge on any atom is -0.472 e. The van der Waals surface area contributed by atoms with Crippen LogP contribution in [-0.2, 0) is 17.1 Å². The van der Waals surface area contributed by atoms with Gasteiger partial charge in [0.1, 0.15) is 11.0 Å². The maximum absolute atomic E-state index is 13.0. The summed E-state index contributed by atoms with van der Waals surface area (Å²) in [4.78, 5) is 27.4. The first kappa shape index (κ1) is 25.3. The molecule has 0 aliphatic carbocycles. The van der Waals surface area contributed by atoms with Crippen molar-refractivity contribution < 1.29 is 17.9 Å². The number of likely N-dealkylation sites (tertiary alicyclic amines) is 1. The van der Waals surface area contributed by atoms with Crippen LogP contribution in [0.2, 0.25) is 0 Å². The first-order valence-corrected chi connectivity index (χ1v) is 13.5. The van der Waals surface area contributed by atoms with E-state index in [-0.39, 0.29) is 28.7 Å². The van der Waals surface area contributed by atoms with Gasteiger partial charge < -0.3 is 9.64 Å². The zero-order chi connectivity index (χ0) is 26.9. The molecule has 1 aromatic carbocycles. The number of hydrogen-bond donors (Lipinski definition) is 1. The summed E-state index contributed by atoms with van der Waals surface area (Å²) >= 11 is 0. The molecule has 0 spiro atoms. The number of nitrogens with one attached hydrogen (secondary N) is 1. The van der Waals surface area contributed by atoms with Gasteiger partial charge in [-0.05, 0) is 37.1 Å². The fourth-order valence-corrected chi connectivity index (χ4v) is 5.38. The first-order chi connectivity index (χ1) is 18.2. The van der Waals surface area contributed by atoms with Gasteiger partial charge in [-0.25, -0.2) is 18.1 Å². The Kier molecular flexibility index (Phi) is 6.81. The number of ether oxygens (including phenoxy) is 1. The molecule has 1 fully saturated rings. The largest absolute Gasteiger partial charge is 0.472 e. The van der Waals surface area contributed by atoms with Crippen molar-refractivity contribution in [3.8, 4) is 17.1 Å². The number of amides is 1. The summed E-state index contributed by atoms with van der Waals surface area (Å²) in [5.41, 5.74) is 3.91. The van der Waals surface area contributed by atoms with Crippen molar-refractivity contribution in [1.29, 1.82) is 0 Å². The lowest BCUT2D eigenvalue weighted by molar-refractivity contribution is 0.0771. The van der Waals surface area contributed by atoms with Crippen LogP contribution >= 0.6 is 0 Å². The van der Waals surface area contributed by atoms with Crippen LogP contribution < -0.4 is 9.46 Å². The van der Waals surface area contributed by atoms with E-state index in [1.54, 1.807) is 42.5 Å². The Bertz CT molecular complexity index is 1570. The predicted molar refractivity (Wildman–Crippen MR) is 140 cm³/mol. The lowest BCUT2D eigenvalue weighted by atomic mass is 10.00. The van der Waals surface area contributed by atoms with Crippen LogP contribution in [0.25, 0.3) is 11.3 Å². The van der Waals surface area contributed by atoms with E-state index >= 15 is 0 Å². The molecule has 1 aliphatic heterocycles. The molecule has 3 aromatic heterocycles. The molecular weight excluding hydrogens is 506 g/mol. The highest BCUT2D eigenvalue weighted by atomic mass is 32.2. The van der Waals surface area contributed by atoms with Crippen molar-refractivity contribution in [2.75, 3.05) is 17.8 Å². The summed E-state index contributed by atoms with van der Waals surface area (Å²) in [6, 6.07) is 10.9. The van der Waals surface area contributed by atoms with Crippen molar-refractivity contribution in [3.05, 3.63) is 77.9 Å². The molecule has 1 N–H and O–H groups in total. The third-order valence-electron chi connectivity index (χ3n) is 6.30. The monoisotopic (exact) mass is 533 g/mol. The highest BCUT2D eigenvalue weighted by Gasteiger charge is 2.29. The number of carbonyl (C=O) groups excluding carboxylic acids is 1. The van der Waals surface area contributed by atoms with E-state index < -0.39 is 10.0 Å². The number of benzene rings is 1. The van der Waals surface area contributed by atoms with Gasteiger partial charge in [-0.15, -0.1) is 0 Å². The van der Waals surface area contributed by atoms with E-state index in [9.17, 15) is 13.2 Å². The molecule has 0 radical (unpaired) electrons. The number of anilines is 1. The van der Waals surface area contributed by atoms with Gasteiger partial charge in [0.25, 0.3) is 15.9 Å². The maximum atomic E-state index is 13.0. The zero-order valence-corrected chi connectivity index (χ0v) is 22.0. The highest BCUT2D eigenvalue weighted by molar-refractivity contribution is 7.92. The van der Waals surface area contributed by atoms with Crippen LogP contribution in [0.15, 0.2) is 66.1 Å². The number of rotatable bonds is 7. The summed E-state index contributed by atoms with van der Waals surface area (Å²) in [5.74, 6) is -0.00111. The van der Waals surface area contributed by atoms with Crippen molar-refractivity contribution in [1.82, 2.24) is 29.6 Å². The summed E-state index contributed by atoms with van der Waals surface area (Å²) in [7, 11) is -2.35. The van der Waals surface area contributed by atoms with Crippen LogP contribution in [0.5, 0.6) is 5.88 Å². The average molecular weight is 534 g/mol. The Morgan fingerprint density at radius 3 is 2.53 bits per heavy atom. The van der Waals surface area contributed by atoms with E-state index in [2.05, 4.69) is 24.8 Å². The number of hydrogen-bond acceptors (Lipinski definition) is 8. The third kappa shape index (κ3) is 5.35. The van der Waals surface area contributed by atoms with Gasteiger partial charge in [0.15, 0.2) is 0 Å². The summed E-state index contributed by atoms with van der Waals surface area (Å²) in [5, 5.41) is 3.94. The van der Waals surface area contributed by atoms with Gasteiger partial charge in [0.2, 0.25) is 11.8 Å². The summed E-state index contributed by atoms with van der Waals surface area (Å²) in [6.45, 7) is 4.83. The number of sulfonamides is 1. The number of nitrogens with zero attached hydrogens (tertiary/aromatic N) is 6. The lowest BCUT2D eigenvalue weighted by Crippen LogP contribution is -2.31. The van der Waals surface area contributed by atoms with Crippen molar-refractivity contribution in [2.24, 2.45) is 7.05 Å². The normalized spacial score (nSPS) is 15.4. The second-order valence-corrected chi connectivity index (χ2v) is 10.8. The van der Waals surface area contributed by atoms with E-state index in [0.29, 0.717) is 30.8 Å². The fourth-order valence-electron chi connectivity index (χ4n) is 4.45. The van der Waals surface area contributed by atoms with E-state index in [1.807, 2.05) is 32.0 Å². The van der Waals surface area contributed by atoms with Gasteiger partial charge >= 0.3 is 0 Å². The molecule has 196 valence electrons. The molecule has 38 heavy (non-hydrogen) atoms. The van der Waals surface area contributed by atoms with E-state index in [1.165, 1.54) is 17.1 Å². The Hall–Kier alpha value is -4.32. The molecule has 11 nitrogen and oxygen atoms in total. The van der Waals surface area contributed by atoms with Crippen molar-refractivity contribution in [2.45, 2.75) is 31.3 Å². The Balaban J connectivity index is 1.44. The van der Waals surface area contributed by atoms with Crippen LogP contribution in [0.3, 0.4) is 0 Å². The smallest absolute Gasteiger partial charge is 0.267 e. The Labute approximate surface area is 220 Å². The van der Waals surface area contributed by atoms with Crippen LogP contribution in [0.4, 0.5) is 5.95 Å². The molecule has 1 aliphatic rings. The predicted octanol–water partition coefficient (Wildman–Crippen LogP) is 2.98. The van der Waals surface area contributed by atoms with Gasteiger partial charge in [0.05, 0.1) is 18.4 Å². The third-order valence-corrected chi connectivity index (χ3v) is 7.59. The topological polar surface area (TPSA) is 132 Å². The molecule has 4 heterocycles. The molecule has 5 rings (SSSR count). The molecule has 4 aromatic rings. The minimum absolute atomic E-state index is 0.00963. The molecule has 1 saturated heterocycles. The standard InChI is InChI=1S/C26H27N7O4S/c1-17-5-4-6-18(2)24(17)22-13-23(30-26(29-22)31-38(35,36)21-14-28-32(3)16-21)37-20-9-12-33(15-20)25(34)19-7-10-27-11-8-19/h4-8,10-11,13-14,16,20H,9,12,15H2,1-3H3,(H,29,30,31). The SMILES string of the molecule is Cc1cccc(C)c1-c1cc(OC2CCN(C(=O)c3ccncc3)C2)nc(NS(=O)(=O)c2cnn(C)c2)n1. The van der Waals surface area contributed by atoms with Crippen LogP contribution in [0, 0.1) is 13.8 Å². The molecular formula is C26H27N7O4S. The average Bonchev–Trinajstić information content (AvgIpc) is 3.53. The minimum atomic E-state index is -3.98. The molecule has 12 heteroatoms. The van der Waals surface area contributed by atoms with Crippen molar-refractivity contribution >= 4 is 21.9 Å². The fraction of sp³-hybridized carbons (Fsp3) is 0.269. The van der Waals surface area contributed by atoms with Gasteiger partial charge in [-0.1, -0.05) is 18.2 Å². The molecule has 0 bridgehead atoms.